The van der Waals surface area contributed by atoms with Gasteiger partial charge in [-0.3, -0.25) is 0 Å². The van der Waals surface area contributed by atoms with Crippen molar-refractivity contribution < 1.29 is 5.11 Å². The number of aliphatic hydroxyl groups is 1. The molecular weight excluding hydrogens is 316 g/mol. The second kappa shape index (κ2) is 5.64. The van der Waals surface area contributed by atoms with Crippen molar-refractivity contribution in [2.45, 2.75) is 6.61 Å². The maximum Gasteiger partial charge on any atom is 0.0893 e. The average Bonchev–Trinajstić information content (AvgIpc) is 2.36. The second-order valence-electron chi connectivity index (χ2n) is 3.55. The van der Waals surface area contributed by atoms with Crippen LogP contribution in [0.15, 0.2) is 24.3 Å². The highest BCUT2D eigenvalue weighted by atomic mass is 35.5. The van der Waals surface area contributed by atoms with Crippen LogP contribution in [0.2, 0.25) is 20.1 Å². The largest absolute Gasteiger partial charge is 0.390 e. The Kier molecular flexibility index (Phi) is 4.36. The fourth-order valence-corrected chi connectivity index (χ4v) is 2.28. The van der Waals surface area contributed by atoms with E-state index in [1.54, 1.807) is 24.3 Å². The van der Waals surface area contributed by atoms with Crippen LogP contribution in [-0.2, 0) is 6.61 Å². The van der Waals surface area contributed by atoms with E-state index in [-0.39, 0.29) is 11.6 Å². The molecule has 0 saturated heterocycles. The molecule has 1 aromatic carbocycles. The van der Waals surface area contributed by atoms with Crippen molar-refractivity contribution in [3.63, 3.8) is 0 Å². The molecule has 0 bridgehead atoms. The molecule has 2 aromatic rings. The summed E-state index contributed by atoms with van der Waals surface area (Å²) in [5.74, 6) is 0. The number of benzene rings is 1. The van der Waals surface area contributed by atoms with Gasteiger partial charge in [0.2, 0.25) is 0 Å². The van der Waals surface area contributed by atoms with Crippen molar-refractivity contribution in [3.8, 4) is 11.3 Å². The van der Waals surface area contributed by atoms with Crippen LogP contribution < -0.4 is 0 Å². The van der Waals surface area contributed by atoms with E-state index in [4.69, 9.17) is 51.5 Å². The molecule has 0 unspecified atom stereocenters. The van der Waals surface area contributed by atoms with Crippen molar-refractivity contribution >= 4 is 46.4 Å². The molecule has 2 nitrogen and oxygen atoms in total. The summed E-state index contributed by atoms with van der Waals surface area (Å²) in [4.78, 5) is 4.23. The van der Waals surface area contributed by atoms with Crippen LogP contribution in [0, 0.1) is 0 Å². The lowest BCUT2D eigenvalue weighted by Gasteiger charge is -2.08. The molecule has 0 radical (unpaired) electrons. The van der Waals surface area contributed by atoms with Gasteiger partial charge in [-0.15, -0.1) is 0 Å². The van der Waals surface area contributed by atoms with Gasteiger partial charge in [-0.05, 0) is 24.3 Å². The lowest BCUT2D eigenvalue weighted by atomic mass is 10.1. The van der Waals surface area contributed by atoms with Gasteiger partial charge in [-0.1, -0.05) is 46.4 Å². The summed E-state index contributed by atoms with van der Waals surface area (Å²) in [5.41, 5.74) is 1.66. The monoisotopic (exact) mass is 321 g/mol. The van der Waals surface area contributed by atoms with E-state index in [0.717, 1.165) is 0 Å². The molecule has 0 amide bonds. The summed E-state index contributed by atoms with van der Waals surface area (Å²) >= 11 is 23.9. The minimum absolute atomic E-state index is 0.167. The molecule has 0 spiro atoms. The van der Waals surface area contributed by atoms with E-state index >= 15 is 0 Å². The molecule has 0 fully saturated rings. The summed E-state index contributed by atoms with van der Waals surface area (Å²) in [6.45, 7) is -0.167. The molecule has 94 valence electrons. The first-order chi connectivity index (χ1) is 8.52. The van der Waals surface area contributed by atoms with E-state index in [0.29, 0.717) is 32.0 Å². The van der Waals surface area contributed by atoms with Crippen LogP contribution in [0.25, 0.3) is 11.3 Å². The number of halogens is 4. The summed E-state index contributed by atoms with van der Waals surface area (Å²) in [6, 6.07) is 6.56. The van der Waals surface area contributed by atoms with Gasteiger partial charge in [0.05, 0.1) is 38.1 Å². The van der Waals surface area contributed by atoms with E-state index < -0.39 is 0 Å². The van der Waals surface area contributed by atoms with Crippen molar-refractivity contribution in [1.29, 1.82) is 0 Å². The van der Waals surface area contributed by atoms with Crippen LogP contribution in [0.5, 0.6) is 0 Å². The molecule has 1 N–H and O–H groups in total. The first-order valence-corrected chi connectivity index (χ1v) is 6.45. The molecule has 6 heteroatoms. The van der Waals surface area contributed by atoms with E-state index in [9.17, 15) is 0 Å². The maximum absolute atomic E-state index is 9.07. The Morgan fingerprint density at radius 3 is 2.11 bits per heavy atom. The fourth-order valence-electron chi connectivity index (χ4n) is 1.47. The van der Waals surface area contributed by atoms with Gasteiger partial charge in [-0.25, -0.2) is 4.98 Å². The van der Waals surface area contributed by atoms with Crippen molar-refractivity contribution in [1.82, 2.24) is 4.98 Å². The minimum atomic E-state index is -0.167. The third kappa shape index (κ3) is 2.73. The molecule has 0 saturated carbocycles. The van der Waals surface area contributed by atoms with Crippen molar-refractivity contribution in [3.05, 3.63) is 50.0 Å². The predicted molar refractivity (Wildman–Crippen MR) is 75.6 cm³/mol. The highest BCUT2D eigenvalue weighted by Gasteiger charge is 2.11. The minimum Gasteiger partial charge on any atom is -0.390 e. The number of hydrogen-bond acceptors (Lipinski definition) is 2. The zero-order valence-electron chi connectivity index (χ0n) is 8.92. The molecular formula is C12H7Cl4NO. The summed E-state index contributed by atoms with van der Waals surface area (Å²) in [7, 11) is 0. The number of hydrogen-bond donors (Lipinski definition) is 1. The Morgan fingerprint density at radius 2 is 1.56 bits per heavy atom. The fraction of sp³-hybridized carbons (Fsp3) is 0.0833. The van der Waals surface area contributed by atoms with E-state index in [2.05, 4.69) is 4.98 Å². The predicted octanol–water partition coefficient (Wildman–Crippen LogP) is 4.85. The molecule has 1 heterocycles. The van der Waals surface area contributed by atoms with Gasteiger partial charge in [-0.2, -0.15) is 0 Å². The Balaban J connectivity index is 2.61. The first-order valence-electron chi connectivity index (χ1n) is 4.94. The quantitative estimate of drug-likeness (QED) is 0.801. The van der Waals surface area contributed by atoms with Gasteiger partial charge in [0.25, 0.3) is 0 Å². The SMILES string of the molecule is OCc1ccc(Cl)c(-c2cc(Cl)c(Cl)c(Cl)c2)n1. The number of nitrogens with zero attached hydrogens (tertiary/aromatic N) is 1. The molecule has 18 heavy (non-hydrogen) atoms. The van der Waals surface area contributed by atoms with Gasteiger partial charge in [0, 0.05) is 5.56 Å². The van der Waals surface area contributed by atoms with Crippen LogP contribution in [0.3, 0.4) is 0 Å². The molecule has 0 aliphatic rings. The summed E-state index contributed by atoms with van der Waals surface area (Å²) in [5, 5.41) is 10.5. The zero-order valence-corrected chi connectivity index (χ0v) is 11.9. The van der Waals surface area contributed by atoms with Gasteiger partial charge >= 0.3 is 0 Å². The number of aromatic nitrogens is 1. The number of aliphatic hydroxyl groups excluding tert-OH is 1. The zero-order chi connectivity index (χ0) is 13.3. The third-order valence-electron chi connectivity index (χ3n) is 2.32. The Bertz CT molecular complexity index is 578. The molecule has 0 aliphatic carbocycles. The number of pyridine rings is 1. The lowest BCUT2D eigenvalue weighted by Crippen LogP contribution is -1.93. The standard InChI is InChI=1S/C12H7Cl4NO/c13-8-2-1-7(5-18)17-12(8)6-3-9(14)11(16)10(15)4-6/h1-4,18H,5H2. The summed E-state index contributed by atoms with van der Waals surface area (Å²) in [6.07, 6.45) is 0. The number of rotatable bonds is 2. The van der Waals surface area contributed by atoms with Crippen molar-refractivity contribution in [2.24, 2.45) is 0 Å². The van der Waals surface area contributed by atoms with Gasteiger partial charge in [0.1, 0.15) is 0 Å². The highest BCUT2D eigenvalue weighted by molar-refractivity contribution is 6.48. The second-order valence-corrected chi connectivity index (χ2v) is 5.14. The van der Waals surface area contributed by atoms with E-state index in [1.165, 1.54) is 0 Å². The topological polar surface area (TPSA) is 33.1 Å². The lowest BCUT2D eigenvalue weighted by molar-refractivity contribution is 0.277. The molecule has 2 rings (SSSR count). The third-order valence-corrected chi connectivity index (χ3v) is 3.82. The maximum atomic E-state index is 9.07. The Morgan fingerprint density at radius 1 is 0.944 bits per heavy atom. The van der Waals surface area contributed by atoms with Gasteiger partial charge in [0.15, 0.2) is 0 Å². The molecule has 0 aliphatic heterocycles. The van der Waals surface area contributed by atoms with Crippen LogP contribution >= 0.6 is 46.4 Å². The first kappa shape index (κ1) is 13.9. The Labute approximate surface area is 124 Å². The highest BCUT2D eigenvalue weighted by Crippen LogP contribution is 2.36. The van der Waals surface area contributed by atoms with Gasteiger partial charge < -0.3 is 5.11 Å². The molecule has 0 atom stereocenters. The van der Waals surface area contributed by atoms with E-state index in [1.807, 2.05) is 0 Å². The average molecular weight is 323 g/mol. The summed E-state index contributed by atoms with van der Waals surface area (Å²) < 4.78 is 0. The molecule has 1 aromatic heterocycles. The van der Waals surface area contributed by atoms with Crippen molar-refractivity contribution in [2.75, 3.05) is 0 Å². The van der Waals surface area contributed by atoms with Crippen LogP contribution in [-0.4, -0.2) is 10.1 Å². The smallest absolute Gasteiger partial charge is 0.0893 e. The van der Waals surface area contributed by atoms with Crippen LogP contribution in [0.1, 0.15) is 5.69 Å². The Hall–Kier alpha value is -0.510. The van der Waals surface area contributed by atoms with Crippen LogP contribution in [0.4, 0.5) is 0 Å². The normalized spacial score (nSPS) is 10.7.